The molecule has 2 fully saturated rings. The second kappa shape index (κ2) is 6.33. The Morgan fingerprint density at radius 2 is 1.48 bits per heavy atom. The lowest BCUT2D eigenvalue weighted by atomic mass is 9.65. The number of fused-ring (bicyclic) bond motifs is 2. The van der Waals surface area contributed by atoms with Crippen LogP contribution in [0.15, 0.2) is 53.4 Å². The summed E-state index contributed by atoms with van der Waals surface area (Å²) < 4.78 is 28.4. The third kappa shape index (κ3) is 3.55. The van der Waals surface area contributed by atoms with Gasteiger partial charge in [-0.05, 0) is 65.5 Å². The van der Waals surface area contributed by atoms with Crippen molar-refractivity contribution in [2.24, 2.45) is 10.8 Å². The molecule has 2 aliphatic rings. The molecule has 3 nitrogen and oxygen atoms in total. The Kier molecular flexibility index (Phi) is 4.45. The van der Waals surface area contributed by atoms with E-state index in [0.29, 0.717) is 16.5 Å². The number of hydrogen-bond donors (Lipinski definition) is 0. The molecule has 2 atom stereocenters. The smallest absolute Gasteiger partial charge is 0.207 e. The summed E-state index contributed by atoms with van der Waals surface area (Å²) in [4.78, 5) is 0.383. The Morgan fingerprint density at radius 1 is 0.926 bits per heavy atom. The first kappa shape index (κ1) is 19.0. The van der Waals surface area contributed by atoms with E-state index in [1.54, 1.807) is 16.4 Å². The van der Waals surface area contributed by atoms with Gasteiger partial charge >= 0.3 is 0 Å². The van der Waals surface area contributed by atoms with Gasteiger partial charge in [0.25, 0.3) is 0 Å². The first-order chi connectivity index (χ1) is 12.6. The molecule has 2 unspecified atom stereocenters. The highest BCUT2D eigenvalue weighted by Gasteiger charge is 2.53. The minimum absolute atomic E-state index is 0.0860. The van der Waals surface area contributed by atoms with Crippen LogP contribution in [0.1, 0.15) is 40.0 Å². The fourth-order valence-corrected chi connectivity index (χ4v) is 7.19. The fraction of sp³-hybridized carbons (Fsp3) is 0.455. The van der Waals surface area contributed by atoms with E-state index in [4.69, 9.17) is 11.6 Å². The minimum Gasteiger partial charge on any atom is -0.207 e. The second-order valence-electron chi connectivity index (χ2n) is 9.30. The van der Waals surface area contributed by atoms with E-state index in [1.165, 1.54) is 0 Å². The molecule has 1 aliphatic heterocycles. The van der Waals surface area contributed by atoms with Crippen LogP contribution < -0.4 is 0 Å². The van der Waals surface area contributed by atoms with Crippen LogP contribution >= 0.6 is 11.6 Å². The Hall–Kier alpha value is -1.36. The van der Waals surface area contributed by atoms with E-state index in [0.717, 1.165) is 30.4 Å². The summed E-state index contributed by atoms with van der Waals surface area (Å²) >= 11 is 5.95. The molecule has 0 radical (unpaired) electrons. The summed E-state index contributed by atoms with van der Waals surface area (Å²) in [5, 5.41) is 0.689. The van der Waals surface area contributed by atoms with Gasteiger partial charge in [0.2, 0.25) is 10.0 Å². The second-order valence-corrected chi connectivity index (χ2v) is 11.6. The highest BCUT2D eigenvalue weighted by Crippen LogP contribution is 2.53. The number of sulfonamides is 1. The van der Waals surface area contributed by atoms with Crippen LogP contribution in [0.2, 0.25) is 5.02 Å². The van der Waals surface area contributed by atoms with Crippen LogP contribution in [0.25, 0.3) is 11.1 Å². The quantitative estimate of drug-likeness (QED) is 0.669. The highest BCUT2D eigenvalue weighted by atomic mass is 35.5. The molecule has 0 aromatic heterocycles. The van der Waals surface area contributed by atoms with Crippen LogP contribution in [0.5, 0.6) is 0 Å². The van der Waals surface area contributed by atoms with Crippen LogP contribution in [0.4, 0.5) is 0 Å². The molecule has 1 saturated carbocycles. The molecular weight excluding hydrogens is 378 g/mol. The molecule has 2 aromatic rings. The number of nitrogens with zero attached hydrogens (tertiary/aromatic N) is 1. The molecule has 0 amide bonds. The lowest BCUT2D eigenvalue weighted by molar-refractivity contribution is 0.133. The molecule has 144 valence electrons. The molecule has 1 aliphatic carbocycles. The van der Waals surface area contributed by atoms with Crippen molar-refractivity contribution >= 4 is 21.6 Å². The number of hydrogen-bond acceptors (Lipinski definition) is 2. The zero-order chi connectivity index (χ0) is 19.4. The van der Waals surface area contributed by atoms with Crippen molar-refractivity contribution in [1.29, 1.82) is 0 Å². The Bertz CT molecular complexity index is 951. The summed E-state index contributed by atoms with van der Waals surface area (Å²) in [5.74, 6) is 0. The number of rotatable bonds is 3. The van der Waals surface area contributed by atoms with Crippen molar-refractivity contribution in [3.8, 4) is 11.1 Å². The van der Waals surface area contributed by atoms with Crippen molar-refractivity contribution in [2.75, 3.05) is 6.54 Å². The highest BCUT2D eigenvalue weighted by molar-refractivity contribution is 7.89. The average Bonchev–Trinajstić information content (AvgIpc) is 2.85. The van der Waals surface area contributed by atoms with Crippen LogP contribution in [-0.4, -0.2) is 25.3 Å². The van der Waals surface area contributed by atoms with Crippen molar-refractivity contribution in [3.63, 3.8) is 0 Å². The van der Waals surface area contributed by atoms with Gasteiger partial charge in [0.1, 0.15) is 0 Å². The monoisotopic (exact) mass is 403 g/mol. The molecule has 0 spiro atoms. The predicted octanol–water partition coefficient (Wildman–Crippen LogP) is 5.60. The van der Waals surface area contributed by atoms with E-state index in [-0.39, 0.29) is 16.9 Å². The van der Waals surface area contributed by atoms with Gasteiger partial charge in [-0.25, -0.2) is 8.42 Å². The van der Waals surface area contributed by atoms with E-state index >= 15 is 0 Å². The molecule has 1 heterocycles. The van der Waals surface area contributed by atoms with Gasteiger partial charge in [0.05, 0.1) is 4.90 Å². The standard InChI is InChI=1S/C22H26ClNO2S/c1-21(2)12-19-13-22(3,14-21)15-24(19)27(25,26)20-10-6-17(7-11-20)16-4-8-18(23)9-5-16/h4-11,19H,12-15H2,1-3H3. The molecule has 5 heteroatoms. The minimum atomic E-state index is -3.47. The average molecular weight is 404 g/mol. The van der Waals surface area contributed by atoms with E-state index < -0.39 is 10.0 Å². The third-order valence-electron chi connectivity index (χ3n) is 6.01. The summed E-state index contributed by atoms with van der Waals surface area (Å²) in [5.41, 5.74) is 2.29. The SMILES string of the molecule is CC1(C)CC2CC(C)(CN2S(=O)(=O)c2ccc(-c3ccc(Cl)cc3)cc2)C1. The van der Waals surface area contributed by atoms with Gasteiger partial charge in [-0.2, -0.15) is 4.31 Å². The molecular formula is C22H26ClNO2S. The maximum absolute atomic E-state index is 13.3. The van der Waals surface area contributed by atoms with E-state index in [1.807, 2.05) is 36.4 Å². The Balaban J connectivity index is 1.62. The van der Waals surface area contributed by atoms with Crippen molar-refractivity contribution in [2.45, 2.75) is 51.0 Å². The first-order valence-corrected chi connectivity index (χ1v) is 11.3. The van der Waals surface area contributed by atoms with Crippen molar-refractivity contribution < 1.29 is 8.42 Å². The van der Waals surface area contributed by atoms with Crippen LogP contribution in [0.3, 0.4) is 0 Å². The zero-order valence-electron chi connectivity index (χ0n) is 16.1. The van der Waals surface area contributed by atoms with E-state index in [2.05, 4.69) is 20.8 Å². The first-order valence-electron chi connectivity index (χ1n) is 9.46. The van der Waals surface area contributed by atoms with Crippen molar-refractivity contribution in [1.82, 2.24) is 4.31 Å². The molecule has 27 heavy (non-hydrogen) atoms. The van der Waals surface area contributed by atoms with E-state index in [9.17, 15) is 8.42 Å². The van der Waals surface area contributed by atoms with Gasteiger partial charge in [0.15, 0.2) is 0 Å². The number of halogens is 1. The van der Waals surface area contributed by atoms with Gasteiger partial charge in [-0.3, -0.25) is 0 Å². The molecule has 2 bridgehead atoms. The maximum atomic E-state index is 13.3. The fourth-order valence-electron chi connectivity index (χ4n) is 5.29. The lowest BCUT2D eigenvalue weighted by Gasteiger charge is -2.39. The molecule has 1 saturated heterocycles. The summed E-state index contributed by atoms with van der Waals surface area (Å²) in [6, 6.07) is 14.9. The summed E-state index contributed by atoms with van der Waals surface area (Å²) in [6.45, 7) is 7.38. The topological polar surface area (TPSA) is 37.4 Å². The van der Waals surface area contributed by atoms with Gasteiger partial charge in [-0.1, -0.05) is 56.6 Å². The molecule has 0 N–H and O–H groups in total. The van der Waals surface area contributed by atoms with Gasteiger partial charge < -0.3 is 0 Å². The number of benzene rings is 2. The zero-order valence-corrected chi connectivity index (χ0v) is 17.6. The van der Waals surface area contributed by atoms with Crippen LogP contribution in [-0.2, 0) is 10.0 Å². The lowest BCUT2D eigenvalue weighted by Crippen LogP contribution is -2.37. The Labute approximate surface area is 167 Å². The Morgan fingerprint density at radius 3 is 2.07 bits per heavy atom. The predicted molar refractivity (Wildman–Crippen MR) is 110 cm³/mol. The maximum Gasteiger partial charge on any atom is 0.243 e. The van der Waals surface area contributed by atoms with Gasteiger partial charge in [0, 0.05) is 17.6 Å². The van der Waals surface area contributed by atoms with Gasteiger partial charge in [-0.15, -0.1) is 0 Å². The largest absolute Gasteiger partial charge is 0.243 e. The van der Waals surface area contributed by atoms with Crippen molar-refractivity contribution in [3.05, 3.63) is 53.6 Å². The summed E-state index contributed by atoms with van der Waals surface area (Å²) in [6.07, 6.45) is 2.99. The normalized spacial score (nSPS) is 27.6. The molecule has 2 aromatic carbocycles. The third-order valence-corrected chi connectivity index (χ3v) is 8.17. The van der Waals surface area contributed by atoms with Crippen LogP contribution in [0, 0.1) is 10.8 Å². The molecule has 4 rings (SSSR count). The summed E-state index contributed by atoms with van der Waals surface area (Å²) in [7, 11) is -3.47.